The summed E-state index contributed by atoms with van der Waals surface area (Å²) in [6.45, 7) is 9.87. The lowest BCUT2D eigenvalue weighted by molar-refractivity contribution is -0.120. The summed E-state index contributed by atoms with van der Waals surface area (Å²) in [7, 11) is 0. The van der Waals surface area contributed by atoms with Crippen LogP contribution in [0.5, 0.6) is 0 Å². The number of nitrogens with zero attached hydrogens (tertiary/aromatic N) is 2. The van der Waals surface area contributed by atoms with Crippen molar-refractivity contribution in [3.63, 3.8) is 0 Å². The summed E-state index contributed by atoms with van der Waals surface area (Å²) in [4.78, 5) is 22.7. The standard InChI is InChI=1S/C24H32N4O2/c1-15-4-5-18(8-16(15)2)9-23(29)25-10-19-20-11-28(12-21-17(3)26-14-27-21)13-24(20)7-6-22(19)30-24/h4-5,8,14,19-20,22H,6-7,9-13H2,1-3H3,(H,25,29)(H,26,27)/t19-,20+,22+,24+/m0/s1. The fraction of sp³-hybridized carbons (Fsp3) is 0.583. The molecular weight excluding hydrogens is 376 g/mol. The van der Waals surface area contributed by atoms with Gasteiger partial charge in [0.05, 0.1) is 30.1 Å². The highest BCUT2D eigenvalue weighted by Gasteiger charge is 2.62. The smallest absolute Gasteiger partial charge is 0.224 e. The topological polar surface area (TPSA) is 70.2 Å². The third kappa shape index (κ3) is 3.46. The number of carbonyl (C=O) groups excluding carboxylic acids is 1. The van der Waals surface area contributed by atoms with Crippen LogP contribution in [0.25, 0.3) is 0 Å². The maximum absolute atomic E-state index is 12.6. The van der Waals surface area contributed by atoms with E-state index < -0.39 is 0 Å². The van der Waals surface area contributed by atoms with Gasteiger partial charge >= 0.3 is 0 Å². The lowest BCUT2D eigenvalue weighted by Gasteiger charge is -2.29. The molecule has 4 heterocycles. The van der Waals surface area contributed by atoms with Gasteiger partial charge in [-0.25, -0.2) is 4.98 Å². The number of benzene rings is 1. The minimum atomic E-state index is -0.0155. The maximum atomic E-state index is 12.6. The molecule has 0 saturated carbocycles. The highest BCUT2D eigenvalue weighted by atomic mass is 16.5. The second kappa shape index (κ2) is 7.50. The van der Waals surface area contributed by atoms with Crippen LogP contribution in [0.2, 0.25) is 0 Å². The Labute approximate surface area is 178 Å². The minimum absolute atomic E-state index is 0.0155. The van der Waals surface area contributed by atoms with Crippen molar-refractivity contribution in [3.8, 4) is 0 Å². The van der Waals surface area contributed by atoms with Crippen LogP contribution in [0.4, 0.5) is 0 Å². The highest BCUT2D eigenvalue weighted by Crippen LogP contribution is 2.54. The maximum Gasteiger partial charge on any atom is 0.224 e. The number of aromatic nitrogens is 2. The summed E-state index contributed by atoms with van der Waals surface area (Å²) in [5, 5.41) is 3.22. The van der Waals surface area contributed by atoms with Crippen LogP contribution in [0.1, 0.15) is 40.9 Å². The molecule has 1 aromatic heterocycles. The largest absolute Gasteiger partial charge is 0.370 e. The molecule has 0 radical (unpaired) electrons. The first kappa shape index (κ1) is 19.8. The van der Waals surface area contributed by atoms with Crippen molar-refractivity contribution in [2.45, 2.75) is 58.3 Å². The molecule has 3 aliphatic heterocycles. The van der Waals surface area contributed by atoms with Crippen molar-refractivity contribution in [3.05, 3.63) is 52.6 Å². The number of likely N-dealkylation sites (tertiary alicyclic amines) is 1. The predicted molar refractivity (Wildman–Crippen MR) is 115 cm³/mol. The van der Waals surface area contributed by atoms with Gasteiger partial charge in [0, 0.05) is 43.7 Å². The molecule has 1 spiro atoms. The van der Waals surface area contributed by atoms with Crippen LogP contribution < -0.4 is 5.32 Å². The Morgan fingerprint density at radius 3 is 2.97 bits per heavy atom. The number of hydrogen-bond acceptors (Lipinski definition) is 4. The van der Waals surface area contributed by atoms with Gasteiger partial charge in [-0.3, -0.25) is 9.69 Å². The van der Waals surface area contributed by atoms with E-state index in [0.29, 0.717) is 24.4 Å². The summed E-state index contributed by atoms with van der Waals surface area (Å²) in [5.41, 5.74) is 5.83. The molecule has 0 aliphatic carbocycles. The van der Waals surface area contributed by atoms with Gasteiger partial charge in [-0.15, -0.1) is 0 Å². The first-order chi connectivity index (χ1) is 14.4. The van der Waals surface area contributed by atoms with Gasteiger partial charge < -0.3 is 15.0 Å². The molecule has 2 aromatic rings. The van der Waals surface area contributed by atoms with E-state index in [1.165, 1.54) is 11.1 Å². The van der Waals surface area contributed by atoms with Crippen molar-refractivity contribution in [2.24, 2.45) is 11.8 Å². The zero-order valence-electron chi connectivity index (χ0n) is 18.2. The van der Waals surface area contributed by atoms with Gasteiger partial charge in [-0.05, 0) is 50.3 Å². The van der Waals surface area contributed by atoms with Gasteiger partial charge in [0.15, 0.2) is 0 Å². The SMILES string of the molecule is Cc1ccc(CC(=O)NC[C@H]2[C@H]3CN(Cc4nc[nH]c4C)C[C@]34CC[C@H]2O4)cc1C. The Hall–Kier alpha value is -2.18. The van der Waals surface area contributed by atoms with Crippen LogP contribution in [0.15, 0.2) is 24.5 Å². The van der Waals surface area contributed by atoms with Crippen LogP contribution in [0, 0.1) is 32.6 Å². The average Bonchev–Trinajstić information content (AvgIpc) is 3.45. The zero-order valence-corrected chi connectivity index (χ0v) is 18.2. The van der Waals surface area contributed by atoms with Crippen molar-refractivity contribution >= 4 is 5.91 Å². The Morgan fingerprint density at radius 1 is 1.33 bits per heavy atom. The van der Waals surface area contributed by atoms with Gasteiger partial charge in [-0.1, -0.05) is 18.2 Å². The molecule has 3 fully saturated rings. The van der Waals surface area contributed by atoms with E-state index in [-0.39, 0.29) is 11.5 Å². The number of nitrogens with one attached hydrogen (secondary N) is 2. The summed E-state index contributed by atoms with van der Waals surface area (Å²) in [6, 6.07) is 6.28. The third-order valence-electron chi connectivity index (χ3n) is 7.63. The average molecular weight is 409 g/mol. The number of hydrogen-bond donors (Lipinski definition) is 2. The molecule has 30 heavy (non-hydrogen) atoms. The molecule has 3 aliphatic rings. The van der Waals surface area contributed by atoms with Gasteiger partial charge in [-0.2, -0.15) is 0 Å². The summed E-state index contributed by atoms with van der Waals surface area (Å²) in [5.74, 6) is 1.02. The van der Waals surface area contributed by atoms with Crippen LogP contribution >= 0.6 is 0 Å². The summed E-state index contributed by atoms with van der Waals surface area (Å²) < 4.78 is 6.53. The number of fused-ring (bicyclic) bond motifs is 1. The number of ether oxygens (including phenoxy) is 1. The lowest BCUT2D eigenvalue weighted by atomic mass is 9.73. The third-order valence-corrected chi connectivity index (χ3v) is 7.63. The van der Waals surface area contributed by atoms with Gasteiger partial charge in [0.1, 0.15) is 0 Å². The molecule has 6 heteroatoms. The second-order valence-electron chi connectivity index (χ2n) is 9.57. The quantitative estimate of drug-likeness (QED) is 0.771. The number of rotatable bonds is 6. The number of H-pyrrole nitrogens is 1. The van der Waals surface area contributed by atoms with Crippen LogP contribution in [-0.2, 0) is 22.5 Å². The van der Waals surface area contributed by atoms with E-state index in [4.69, 9.17) is 4.74 Å². The highest BCUT2D eigenvalue weighted by molar-refractivity contribution is 5.78. The molecule has 4 atom stereocenters. The fourth-order valence-corrected chi connectivity index (χ4v) is 5.83. The Kier molecular flexibility index (Phi) is 4.94. The normalized spacial score (nSPS) is 30.0. The summed E-state index contributed by atoms with van der Waals surface area (Å²) in [6.07, 6.45) is 4.77. The fourth-order valence-electron chi connectivity index (χ4n) is 5.83. The van der Waals surface area contributed by atoms with E-state index in [2.05, 4.69) is 59.2 Å². The van der Waals surface area contributed by atoms with E-state index in [1.54, 1.807) is 6.33 Å². The Morgan fingerprint density at radius 2 is 2.20 bits per heavy atom. The van der Waals surface area contributed by atoms with Crippen molar-refractivity contribution in [2.75, 3.05) is 19.6 Å². The van der Waals surface area contributed by atoms with Crippen molar-refractivity contribution < 1.29 is 9.53 Å². The van der Waals surface area contributed by atoms with E-state index in [1.807, 2.05) is 0 Å². The van der Waals surface area contributed by atoms with Crippen molar-refractivity contribution in [1.82, 2.24) is 20.2 Å². The van der Waals surface area contributed by atoms with E-state index in [9.17, 15) is 4.79 Å². The van der Waals surface area contributed by atoms with Crippen molar-refractivity contribution in [1.29, 1.82) is 0 Å². The number of amides is 1. The van der Waals surface area contributed by atoms with Gasteiger partial charge in [0.25, 0.3) is 0 Å². The van der Waals surface area contributed by atoms with Gasteiger partial charge in [0.2, 0.25) is 5.91 Å². The Bertz CT molecular complexity index is 954. The molecule has 5 rings (SSSR count). The Balaban J connectivity index is 1.20. The first-order valence-corrected chi connectivity index (χ1v) is 11.2. The monoisotopic (exact) mass is 408 g/mol. The molecule has 3 saturated heterocycles. The summed E-state index contributed by atoms with van der Waals surface area (Å²) >= 11 is 0. The first-order valence-electron chi connectivity index (χ1n) is 11.2. The van der Waals surface area contributed by atoms with Crippen LogP contribution in [-0.4, -0.2) is 52.1 Å². The lowest BCUT2D eigenvalue weighted by Crippen LogP contribution is -2.42. The number of carbonyl (C=O) groups is 1. The molecule has 6 nitrogen and oxygen atoms in total. The molecule has 1 amide bonds. The second-order valence-corrected chi connectivity index (χ2v) is 9.57. The van der Waals surface area contributed by atoms with E-state index >= 15 is 0 Å². The zero-order chi connectivity index (χ0) is 20.9. The molecule has 0 unspecified atom stereocenters. The molecule has 2 N–H and O–H groups in total. The molecule has 160 valence electrons. The molecule has 2 bridgehead atoms. The van der Waals surface area contributed by atoms with Crippen LogP contribution in [0.3, 0.4) is 0 Å². The minimum Gasteiger partial charge on any atom is -0.370 e. The molecular formula is C24H32N4O2. The predicted octanol–water partition coefficient (Wildman–Crippen LogP) is 2.67. The number of aryl methyl sites for hydroxylation is 3. The number of aromatic amines is 1. The van der Waals surface area contributed by atoms with E-state index in [0.717, 1.165) is 56.0 Å². The molecule has 1 aromatic carbocycles. The number of imidazole rings is 1.